The van der Waals surface area contributed by atoms with Crippen molar-refractivity contribution in [1.82, 2.24) is 15.0 Å². The van der Waals surface area contributed by atoms with Crippen LogP contribution in [0, 0.1) is 0 Å². The van der Waals surface area contributed by atoms with Gasteiger partial charge in [0.1, 0.15) is 11.3 Å². The highest BCUT2D eigenvalue weighted by Gasteiger charge is 2.35. The highest BCUT2D eigenvalue weighted by Crippen LogP contribution is 2.30. The lowest BCUT2D eigenvalue weighted by Gasteiger charge is -2.27. The van der Waals surface area contributed by atoms with Crippen molar-refractivity contribution >= 4 is 15.9 Å². The minimum absolute atomic E-state index is 0.187. The summed E-state index contributed by atoms with van der Waals surface area (Å²) in [6.45, 7) is 0.710. The van der Waals surface area contributed by atoms with Gasteiger partial charge in [-0.25, -0.2) is 4.68 Å². The van der Waals surface area contributed by atoms with Crippen LogP contribution in [-0.2, 0) is 17.4 Å². The zero-order chi connectivity index (χ0) is 12.2. The normalized spacial score (nSPS) is 15.1. The lowest BCUT2D eigenvalue weighted by atomic mass is 9.95. The van der Waals surface area contributed by atoms with Crippen LogP contribution in [0.2, 0.25) is 0 Å². The van der Waals surface area contributed by atoms with Crippen molar-refractivity contribution in [3.63, 3.8) is 0 Å². The lowest BCUT2D eigenvalue weighted by Crippen LogP contribution is -2.34. The number of ether oxygens (including phenoxy) is 1. The van der Waals surface area contributed by atoms with Crippen molar-refractivity contribution < 1.29 is 9.84 Å². The second-order valence-electron chi connectivity index (χ2n) is 3.71. The van der Waals surface area contributed by atoms with Crippen LogP contribution in [0.25, 0.3) is 0 Å². The number of hydrogen-bond acceptors (Lipinski definition) is 5. The van der Waals surface area contributed by atoms with Gasteiger partial charge in [0, 0.05) is 14.2 Å². The van der Waals surface area contributed by atoms with Gasteiger partial charge in [0.15, 0.2) is 4.60 Å². The molecule has 1 heterocycles. The van der Waals surface area contributed by atoms with Crippen LogP contribution in [-0.4, -0.2) is 40.4 Å². The minimum atomic E-state index is -1.11. The highest BCUT2D eigenvalue weighted by atomic mass is 79.9. The first-order valence-corrected chi connectivity index (χ1v) is 5.81. The number of rotatable bonds is 6. The van der Waals surface area contributed by atoms with Crippen molar-refractivity contribution in [2.24, 2.45) is 12.8 Å². The summed E-state index contributed by atoms with van der Waals surface area (Å²) in [4.78, 5) is 0. The number of aromatic nitrogens is 3. The summed E-state index contributed by atoms with van der Waals surface area (Å²) in [6.07, 6.45) is 1.22. The Morgan fingerprint density at radius 1 is 1.62 bits per heavy atom. The zero-order valence-corrected chi connectivity index (χ0v) is 11.1. The predicted octanol–water partition coefficient (Wildman–Crippen LogP) is 0.150. The molecule has 0 radical (unpaired) electrons. The van der Waals surface area contributed by atoms with Crippen molar-refractivity contribution in [3.8, 4) is 0 Å². The van der Waals surface area contributed by atoms with E-state index >= 15 is 0 Å². The van der Waals surface area contributed by atoms with E-state index in [0.29, 0.717) is 29.7 Å². The molecule has 3 N–H and O–H groups in total. The van der Waals surface area contributed by atoms with Crippen molar-refractivity contribution in [2.75, 3.05) is 20.3 Å². The van der Waals surface area contributed by atoms with Gasteiger partial charge in [0.25, 0.3) is 0 Å². The first-order chi connectivity index (χ1) is 7.55. The van der Waals surface area contributed by atoms with Gasteiger partial charge in [-0.1, -0.05) is 5.21 Å². The van der Waals surface area contributed by atoms with E-state index in [0.717, 1.165) is 0 Å². The summed E-state index contributed by atoms with van der Waals surface area (Å²) in [5.74, 6) is 0. The Morgan fingerprint density at radius 2 is 2.31 bits per heavy atom. The van der Waals surface area contributed by atoms with Gasteiger partial charge in [0.05, 0.1) is 6.61 Å². The van der Waals surface area contributed by atoms with E-state index in [-0.39, 0.29) is 6.61 Å². The van der Waals surface area contributed by atoms with Gasteiger partial charge in [-0.3, -0.25) is 0 Å². The Hall–Kier alpha value is -0.500. The Morgan fingerprint density at radius 3 is 2.75 bits per heavy atom. The van der Waals surface area contributed by atoms with E-state index in [4.69, 9.17) is 10.5 Å². The molecule has 0 saturated heterocycles. The Kier molecular flexibility index (Phi) is 4.85. The number of nitrogens with zero attached hydrogens (tertiary/aromatic N) is 3. The summed E-state index contributed by atoms with van der Waals surface area (Å²) in [7, 11) is 3.28. The quantitative estimate of drug-likeness (QED) is 0.780. The molecule has 16 heavy (non-hydrogen) atoms. The average molecular weight is 293 g/mol. The molecule has 0 aromatic carbocycles. The van der Waals surface area contributed by atoms with Crippen LogP contribution < -0.4 is 5.73 Å². The molecule has 0 spiro atoms. The molecule has 0 saturated carbocycles. The van der Waals surface area contributed by atoms with E-state index in [1.54, 1.807) is 18.8 Å². The maximum Gasteiger partial charge on any atom is 0.154 e. The standard InChI is InChI=1S/C9H17BrN4O2/c1-14-7(8(10)12-13-14)9(15,6-16-2)4-3-5-11/h15H,3-6,11H2,1-2H3. The number of halogens is 1. The van der Waals surface area contributed by atoms with Crippen LogP contribution in [0.15, 0.2) is 4.60 Å². The van der Waals surface area contributed by atoms with Crippen molar-refractivity contribution in [2.45, 2.75) is 18.4 Å². The third kappa shape index (κ3) is 2.79. The summed E-state index contributed by atoms with van der Waals surface area (Å²) in [5, 5.41) is 18.3. The van der Waals surface area contributed by atoms with Crippen LogP contribution in [0.3, 0.4) is 0 Å². The molecule has 0 fully saturated rings. The minimum Gasteiger partial charge on any atom is -0.381 e. The number of aryl methyl sites for hydroxylation is 1. The summed E-state index contributed by atoms with van der Waals surface area (Å²) < 4.78 is 7.13. The van der Waals surface area contributed by atoms with Gasteiger partial charge in [-0.15, -0.1) is 5.10 Å². The molecule has 0 aliphatic heterocycles. The van der Waals surface area contributed by atoms with E-state index in [1.165, 1.54) is 0 Å². The van der Waals surface area contributed by atoms with Gasteiger partial charge in [-0.2, -0.15) is 0 Å². The number of nitrogens with two attached hydrogens (primary N) is 1. The Labute approximate surface area is 103 Å². The molecule has 6 nitrogen and oxygen atoms in total. The second kappa shape index (κ2) is 5.72. The third-order valence-electron chi connectivity index (χ3n) is 2.40. The van der Waals surface area contributed by atoms with E-state index < -0.39 is 5.60 Å². The van der Waals surface area contributed by atoms with Crippen molar-refractivity contribution in [1.29, 1.82) is 0 Å². The van der Waals surface area contributed by atoms with Gasteiger partial charge in [-0.05, 0) is 35.3 Å². The second-order valence-corrected chi connectivity index (χ2v) is 4.46. The molecule has 1 rings (SSSR count). The fourth-order valence-corrected chi connectivity index (χ4v) is 2.41. The summed E-state index contributed by atoms with van der Waals surface area (Å²) in [5.41, 5.74) is 4.97. The molecular weight excluding hydrogens is 276 g/mol. The lowest BCUT2D eigenvalue weighted by molar-refractivity contribution is -0.0491. The zero-order valence-electron chi connectivity index (χ0n) is 9.48. The number of methoxy groups -OCH3 is 1. The molecule has 0 amide bonds. The molecule has 0 aliphatic rings. The molecular formula is C9H17BrN4O2. The SMILES string of the molecule is COCC(O)(CCCN)c1c(Br)nnn1C. The largest absolute Gasteiger partial charge is 0.381 e. The average Bonchev–Trinajstić information content (AvgIpc) is 2.56. The fourth-order valence-electron chi connectivity index (χ4n) is 1.72. The number of hydrogen-bond donors (Lipinski definition) is 2. The van der Waals surface area contributed by atoms with Crippen LogP contribution in [0.5, 0.6) is 0 Å². The monoisotopic (exact) mass is 292 g/mol. The summed E-state index contributed by atoms with van der Waals surface area (Å²) >= 11 is 3.27. The molecule has 1 aromatic heterocycles. The maximum absolute atomic E-state index is 10.6. The van der Waals surface area contributed by atoms with E-state index in [9.17, 15) is 5.11 Å². The molecule has 1 unspecified atom stereocenters. The first kappa shape index (κ1) is 13.6. The van der Waals surface area contributed by atoms with Gasteiger partial charge < -0.3 is 15.6 Å². The fraction of sp³-hybridized carbons (Fsp3) is 0.778. The molecule has 0 aliphatic carbocycles. The molecule has 7 heteroatoms. The van der Waals surface area contributed by atoms with Crippen LogP contribution >= 0.6 is 15.9 Å². The topological polar surface area (TPSA) is 86.2 Å². The maximum atomic E-state index is 10.6. The van der Waals surface area contributed by atoms with E-state index in [2.05, 4.69) is 26.2 Å². The molecule has 0 bridgehead atoms. The van der Waals surface area contributed by atoms with Crippen LogP contribution in [0.1, 0.15) is 18.5 Å². The Bertz CT molecular complexity index is 325. The molecule has 1 atom stereocenters. The molecule has 1 aromatic rings. The highest BCUT2D eigenvalue weighted by molar-refractivity contribution is 9.10. The van der Waals surface area contributed by atoms with Gasteiger partial charge >= 0.3 is 0 Å². The Balaban J connectivity index is 3.00. The number of aliphatic hydroxyl groups is 1. The third-order valence-corrected chi connectivity index (χ3v) is 2.94. The van der Waals surface area contributed by atoms with Crippen molar-refractivity contribution in [3.05, 3.63) is 10.3 Å². The predicted molar refractivity (Wildman–Crippen MR) is 62.8 cm³/mol. The van der Waals surface area contributed by atoms with Gasteiger partial charge in [0.2, 0.25) is 0 Å². The molecule has 92 valence electrons. The van der Waals surface area contributed by atoms with Crippen LogP contribution in [0.4, 0.5) is 0 Å². The first-order valence-electron chi connectivity index (χ1n) is 5.02. The smallest absolute Gasteiger partial charge is 0.154 e. The summed E-state index contributed by atoms with van der Waals surface area (Å²) in [6, 6.07) is 0. The van der Waals surface area contributed by atoms with E-state index in [1.807, 2.05) is 0 Å².